The maximum absolute atomic E-state index is 12.1. The summed E-state index contributed by atoms with van der Waals surface area (Å²) in [4.78, 5) is 20.7. The molecule has 0 fully saturated rings. The smallest absolute Gasteiger partial charge is 0.250 e. The number of benzene rings is 1. The summed E-state index contributed by atoms with van der Waals surface area (Å²) in [5, 5.41) is 5.80. The van der Waals surface area contributed by atoms with Crippen molar-refractivity contribution in [2.75, 3.05) is 5.75 Å². The number of carbonyl (C=O) groups is 1. The van der Waals surface area contributed by atoms with E-state index in [0.717, 1.165) is 34.0 Å². The molecule has 0 saturated heterocycles. The average Bonchev–Trinajstić information content (AvgIpc) is 2.92. The summed E-state index contributed by atoms with van der Waals surface area (Å²) >= 11 is 13.6. The standard InChI is InChI=1S/C21H21Cl2N5OS/c1-12-5-13(2)26-21(25-12)30-11-20(29)27-24-10-16-6-14(3)28(15(16)4)19-8-17(22)7-18(23)9-19/h5-10H,11H2,1-4H3,(H,27,29)/b24-10-. The molecule has 0 bridgehead atoms. The number of nitrogens with one attached hydrogen (secondary N) is 1. The van der Waals surface area contributed by atoms with Gasteiger partial charge in [-0.2, -0.15) is 5.10 Å². The van der Waals surface area contributed by atoms with E-state index in [1.54, 1.807) is 12.3 Å². The van der Waals surface area contributed by atoms with E-state index in [1.807, 2.05) is 56.5 Å². The monoisotopic (exact) mass is 461 g/mol. The molecule has 3 aromatic rings. The highest BCUT2D eigenvalue weighted by atomic mass is 35.5. The molecule has 2 heterocycles. The van der Waals surface area contributed by atoms with Gasteiger partial charge in [0.2, 0.25) is 0 Å². The number of hydrazone groups is 1. The Morgan fingerprint density at radius 1 is 1.07 bits per heavy atom. The minimum atomic E-state index is -0.227. The van der Waals surface area contributed by atoms with Crippen molar-refractivity contribution < 1.29 is 4.79 Å². The number of halogens is 2. The Morgan fingerprint density at radius 2 is 1.70 bits per heavy atom. The molecule has 1 N–H and O–H groups in total. The molecule has 0 aliphatic carbocycles. The number of carbonyl (C=O) groups excluding carboxylic acids is 1. The van der Waals surface area contributed by atoms with Crippen LogP contribution in [0.1, 0.15) is 28.3 Å². The molecule has 1 amide bonds. The van der Waals surface area contributed by atoms with Crippen LogP contribution in [-0.2, 0) is 4.79 Å². The summed E-state index contributed by atoms with van der Waals surface area (Å²) < 4.78 is 2.04. The first-order valence-corrected chi connectivity index (χ1v) is 10.9. The fourth-order valence-electron chi connectivity index (χ4n) is 3.08. The summed E-state index contributed by atoms with van der Waals surface area (Å²) in [5.41, 5.74) is 8.01. The predicted octanol–water partition coefficient (Wildman–Crippen LogP) is 5.05. The van der Waals surface area contributed by atoms with Crippen LogP contribution in [0.2, 0.25) is 10.0 Å². The van der Waals surface area contributed by atoms with Gasteiger partial charge in [0, 0.05) is 44.1 Å². The van der Waals surface area contributed by atoms with E-state index in [9.17, 15) is 4.79 Å². The van der Waals surface area contributed by atoms with Crippen LogP contribution in [0, 0.1) is 27.7 Å². The van der Waals surface area contributed by atoms with E-state index in [-0.39, 0.29) is 11.7 Å². The van der Waals surface area contributed by atoms with Crippen LogP contribution in [-0.4, -0.2) is 32.4 Å². The van der Waals surface area contributed by atoms with Crippen LogP contribution in [0.5, 0.6) is 0 Å². The van der Waals surface area contributed by atoms with Crippen molar-refractivity contribution in [3.63, 3.8) is 0 Å². The second kappa shape index (κ2) is 9.64. The second-order valence-corrected chi connectivity index (χ2v) is 8.62. The van der Waals surface area contributed by atoms with Crippen molar-refractivity contribution in [2.45, 2.75) is 32.9 Å². The Balaban J connectivity index is 1.65. The van der Waals surface area contributed by atoms with Crippen LogP contribution >= 0.6 is 35.0 Å². The van der Waals surface area contributed by atoms with E-state index in [4.69, 9.17) is 23.2 Å². The first-order valence-electron chi connectivity index (χ1n) is 9.15. The molecular weight excluding hydrogens is 441 g/mol. The Bertz CT molecular complexity index is 1090. The Morgan fingerprint density at radius 3 is 2.33 bits per heavy atom. The lowest BCUT2D eigenvalue weighted by atomic mass is 10.2. The fraction of sp³-hybridized carbons (Fsp3) is 0.238. The molecule has 9 heteroatoms. The summed E-state index contributed by atoms with van der Waals surface area (Å²) in [5.74, 6) is -0.0465. The van der Waals surface area contributed by atoms with E-state index in [1.165, 1.54) is 11.8 Å². The van der Waals surface area contributed by atoms with Crippen molar-refractivity contribution in [1.82, 2.24) is 20.0 Å². The lowest BCUT2D eigenvalue weighted by Crippen LogP contribution is -2.19. The van der Waals surface area contributed by atoms with Crippen molar-refractivity contribution in [3.8, 4) is 5.69 Å². The van der Waals surface area contributed by atoms with Crippen LogP contribution in [0.3, 0.4) is 0 Å². The Kier molecular flexibility index (Phi) is 7.18. The zero-order valence-corrected chi connectivity index (χ0v) is 19.4. The molecule has 0 saturated carbocycles. The van der Waals surface area contributed by atoms with Crippen molar-refractivity contribution in [1.29, 1.82) is 0 Å². The van der Waals surface area contributed by atoms with Crippen molar-refractivity contribution in [2.24, 2.45) is 5.10 Å². The molecule has 156 valence electrons. The van der Waals surface area contributed by atoms with Gasteiger partial charge in [-0.1, -0.05) is 35.0 Å². The van der Waals surface area contributed by atoms with Crippen molar-refractivity contribution >= 4 is 47.1 Å². The Hall–Kier alpha value is -2.35. The molecule has 3 rings (SSSR count). The van der Waals surface area contributed by atoms with E-state index in [2.05, 4.69) is 20.5 Å². The third-order valence-electron chi connectivity index (χ3n) is 4.26. The number of nitrogens with zero attached hydrogens (tertiary/aromatic N) is 4. The highest BCUT2D eigenvalue weighted by molar-refractivity contribution is 7.99. The second-order valence-electron chi connectivity index (χ2n) is 6.80. The zero-order valence-electron chi connectivity index (χ0n) is 17.0. The van der Waals surface area contributed by atoms with E-state index >= 15 is 0 Å². The third-order valence-corrected chi connectivity index (χ3v) is 5.55. The van der Waals surface area contributed by atoms with Gasteiger partial charge >= 0.3 is 0 Å². The summed E-state index contributed by atoms with van der Waals surface area (Å²) in [6.07, 6.45) is 1.63. The topological polar surface area (TPSA) is 72.2 Å². The van der Waals surface area contributed by atoms with Gasteiger partial charge in [-0.15, -0.1) is 0 Å². The van der Waals surface area contributed by atoms with Crippen LogP contribution in [0.15, 0.2) is 40.6 Å². The summed E-state index contributed by atoms with van der Waals surface area (Å²) in [7, 11) is 0. The number of thioether (sulfide) groups is 1. The zero-order chi connectivity index (χ0) is 21.8. The molecule has 0 spiro atoms. The molecule has 30 heavy (non-hydrogen) atoms. The first kappa shape index (κ1) is 22.3. The van der Waals surface area contributed by atoms with Gasteiger partial charge in [-0.05, 0) is 58.0 Å². The van der Waals surface area contributed by atoms with Gasteiger partial charge in [0.25, 0.3) is 5.91 Å². The SMILES string of the molecule is Cc1cc(C)nc(SCC(=O)N/N=C\c2cc(C)n(-c3cc(Cl)cc(Cl)c3)c2C)n1. The van der Waals surface area contributed by atoms with Gasteiger partial charge in [0.1, 0.15) is 0 Å². The highest BCUT2D eigenvalue weighted by Gasteiger charge is 2.11. The van der Waals surface area contributed by atoms with E-state index < -0.39 is 0 Å². The van der Waals surface area contributed by atoms with Gasteiger partial charge in [0.15, 0.2) is 5.16 Å². The molecular formula is C21H21Cl2N5OS. The van der Waals surface area contributed by atoms with Crippen molar-refractivity contribution in [3.05, 3.63) is 68.7 Å². The molecule has 0 atom stereocenters. The lowest BCUT2D eigenvalue weighted by Gasteiger charge is -2.10. The van der Waals surface area contributed by atoms with Gasteiger partial charge in [-0.25, -0.2) is 15.4 Å². The quantitative estimate of drug-likeness (QED) is 0.241. The number of aryl methyl sites for hydroxylation is 3. The number of aromatic nitrogens is 3. The van der Waals surface area contributed by atoms with Crippen LogP contribution < -0.4 is 5.43 Å². The Labute approximate surface area is 189 Å². The molecule has 2 aromatic heterocycles. The largest absolute Gasteiger partial charge is 0.318 e. The molecule has 0 aliphatic heterocycles. The normalized spacial score (nSPS) is 11.3. The molecule has 0 aliphatic rings. The average molecular weight is 462 g/mol. The van der Waals surface area contributed by atoms with Gasteiger partial charge < -0.3 is 4.57 Å². The third kappa shape index (κ3) is 5.62. The fourth-order valence-corrected chi connectivity index (χ4v) is 4.33. The summed E-state index contributed by atoms with van der Waals surface area (Å²) in [6, 6.07) is 9.27. The maximum Gasteiger partial charge on any atom is 0.250 e. The first-order chi connectivity index (χ1) is 14.2. The molecule has 6 nitrogen and oxygen atoms in total. The van der Waals surface area contributed by atoms with E-state index in [0.29, 0.717) is 15.2 Å². The summed E-state index contributed by atoms with van der Waals surface area (Å²) in [6.45, 7) is 7.75. The van der Waals surface area contributed by atoms with Gasteiger partial charge in [0.05, 0.1) is 12.0 Å². The minimum absolute atomic E-state index is 0.181. The maximum atomic E-state index is 12.1. The van der Waals surface area contributed by atoms with Gasteiger partial charge in [-0.3, -0.25) is 4.79 Å². The van der Waals surface area contributed by atoms with Crippen LogP contribution in [0.4, 0.5) is 0 Å². The highest BCUT2D eigenvalue weighted by Crippen LogP contribution is 2.26. The lowest BCUT2D eigenvalue weighted by molar-refractivity contribution is -0.118. The van der Waals surface area contributed by atoms with Crippen LogP contribution in [0.25, 0.3) is 5.69 Å². The molecule has 0 unspecified atom stereocenters. The predicted molar refractivity (Wildman–Crippen MR) is 123 cm³/mol. The molecule has 1 aromatic carbocycles. The number of hydrogen-bond acceptors (Lipinski definition) is 5. The number of amides is 1. The number of rotatable bonds is 6. The minimum Gasteiger partial charge on any atom is -0.318 e. The number of hydrogen-bond donors (Lipinski definition) is 1. The molecule has 0 radical (unpaired) electrons.